The van der Waals surface area contributed by atoms with Crippen molar-refractivity contribution in [3.8, 4) is 16.9 Å². The number of aliphatic hydroxyl groups excluding tert-OH is 1. The van der Waals surface area contributed by atoms with Crippen LogP contribution in [-0.2, 0) is 6.54 Å². The Morgan fingerprint density at radius 2 is 1.73 bits per heavy atom. The largest absolute Gasteiger partial charge is 0.496 e. The molecule has 2 saturated heterocycles. The third kappa shape index (κ3) is 4.54. The van der Waals surface area contributed by atoms with Gasteiger partial charge in [0.15, 0.2) is 0 Å². The molecule has 0 radical (unpaired) electrons. The lowest BCUT2D eigenvalue weighted by Crippen LogP contribution is -2.67. The van der Waals surface area contributed by atoms with Crippen LogP contribution in [0.25, 0.3) is 11.1 Å². The molecule has 172 valence electrons. The van der Waals surface area contributed by atoms with E-state index < -0.39 is 0 Å². The van der Waals surface area contributed by atoms with Gasteiger partial charge in [0.1, 0.15) is 5.75 Å². The minimum atomic E-state index is 0.202. The lowest BCUT2D eigenvalue weighted by molar-refractivity contribution is -0.0655. The molecule has 0 saturated carbocycles. The van der Waals surface area contributed by atoms with Gasteiger partial charge in [-0.05, 0) is 60.8 Å². The molecule has 0 unspecified atom stereocenters. The van der Waals surface area contributed by atoms with Crippen LogP contribution >= 0.6 is 0 Å². The van der Waals surface area contributed by atoms with Crippen molar-refractivity contribution in [1.29, 1.82) is 0 Å². The number of pyridine rings is 1. The molecular weight excluding hydrogens is 410 g/mol. The van der Waals surface area contributed by atoms with Crippen molar-refractivity contribution in [2.45, 2.75) is 37.4 Å². The highest BCUT2D eigenvalue weighted by atomic mass is 16.5. The van der Waals surface area contributed by atoms with E-state index in [1.807, 2.05) is 30.6 Å². The fraction of sp³-hybridized carbons (Fsp3) is 0.393. The fourth-order valence-corrected chi connectivity index (χ4v) is 5.67. The van der Waals surface area contributed by atoms with Crippen molar-refractivity contribution in [1.82, 2.24) is 14.8 Å². The van der Waals surface area contributed by atoms with Crippen LogP contribution in [-0.4, -0.2) is 65.3 Å². The number of benzene rings is 2. The Morgan fingerprint density at radius 1 is 0.970 bits per heavy atom. The summed E-state index contributed by atoms with van der Waals surface area (Å²) in [6.07, 6.45) is 6.13. The first-order valence-electron chi connectivity index (χ1n) is 12.0. The third-order valence-corrected chi connectivity index (χ3v) is 7.32. The van der Waals surface area contributed by atoms with Crippen molar-refractivity contribution in [2.24, 2.45) is 0 Å². The first kappa shape index (κ1) is 22.1. The molecule has 0 spiro atoms. The van der Waals surface area contributed by atoms with Gasteiger partial charge in [-0.25, -0.2) is 0 Å². The highest BCUT2D eigenvalue weighted by Crippen LogP contribution is 2.42. The number of nitrogens with zero attached hydrogens (tertiary/aromatic N) is 3. The molecule has 3 heterocycles. The van der Waals surface area contributed by atoms with Crippen LogP contribution in [0.15, 0.2) is 73.1 Å². The average molecular weight is 444 g/mol. The van der Waals surface area contributed by atoms with E-state index in [1.54, 1.807) is 7.11 Å². The summed E-state index contributed by atoms with van der Waals surface area (Å²) in [5.74, 6) is 1.24. The van der Waals surface area contributed by atoms with E-state index in [0.717, 1.165) is 43.1 Å². The molecule has 5 rings (SSSR count). The van der Waals surface area contributed by atoms with E-state index in [0.29, 0.717) is 12.0 Å². The Bertz CT molecular complexity index is 1040. The molecule has 2 aliphatic heterocycles. The standard InChI is InChI=1S/C28H33N3O2/c1-33-27-7-3-2-6-24(27)22-8-10-23(11-9-22)28-25-19-30(18-21-12-14-29-15-13-21)16-4-5-17-31(25)26(28)20-32/h2-3,6-15,25-26,28,32H,4-5,16-20H2,1H3/t25-,26+,28-/m0/s1. The van der Waals surface area contributed by atoms with Crippen LogP contribution < -0.4 is 4.74 Å². The minimum Gasteiger partial charge on any atom is -0.496 e. The number of hydrogen-bond acceptors (Lipinski definition) is 5. The normalized spacial score (nSPS) is 23.8. The summed E-state index contributed by atoms with van der Waals surface area (Å²) in [4.78, 5) is 9.28. The van der Waals surface area contributed by atoms with Gasteiger partial charge in [-0.3, -0.25) is 14.8 Å². The predicted octanol–water partition coefficient (Wildman–Crippen LogP) is 4.18. The van der Waals surface area contributed by atoms with Crippen LogP contribution in [0.3, 0.4) is 0 Å². The topological polar surface area (TPSA) is 48.8 Å². The van der Waals surface area contributed by atoms with E-state index in [2.05, 4.69) is 57.2 Å². The predicted molar refractivity (Wildman–Crippen MR) is 131 cm³/mol. The van der Waals surface area contributed by atoms with Gasteiger partial charge >= 0.3 is 0 Å². The Hall–Kier alpha value is -2.73. The molecule has 3 aromatic rings. The number of rotatable bonds is 6. The van der Waals surface area contributed by atoms with Gasteiger partial charge in [0.05, 0.1) is 13.7 Å². The van der Waals surface area contributed by atoms with Crippen molar-refractivity contribution in [2.75, 3.05) is 33.4 Å². The smallest absolute Gasteiger partial charge is 0.126 e. The minimum absolute atomic E-state index is 0.202. The summed E-state index contributed by atoms with van der Waals surface area (Å²) in [6, 6.07) is 21.9. The zero-order valence-corrected chi connectivity index (χ0v) is 19.3. The van der Waals surface area contributed by atoms with Crippen LogP contribution in [0.2, 0.25) is 0 Å². The Morgan fingerprint density at radius 3 is 2.48 bits per heavy atom. The second-order valence-electron chi connectivity index (χ2n) is 9.20. The number of aliphatic hydroxyl groups is 1. The van der Waals surface area contributed by atoms with Gasteiger partial charge < -0.3 is 9.84 Å². The average Bonchev–Trinajstić information content (AvgIpc) is 2.85. The van der Waals surface area contributed by atoms with Crippen LogP contribution in [0.4, 0.5) is 0 Å². The van der Waals surface area contributed by atoms with Gasteiger partial charge in [-0.2, -0.15) is 0 Å². The molecule has 3 atom stereocenters. The Kier molecular flexibility index (Phi) is 6.72. The number of hydrogen-bond donors (Lipinski definition) is 1. The summed E-state index contributed by atoms with van der Waals surface area (Å²) in [5, 5.41) is 10.2. The summed E-state index contributed by atoms with van der Waals surface area (Å²) in [6.45, 7) is 4.39. The van der Waals surface area contributed by atoms with Crippen molar-refractivity contribution in [3.05, 3.63) is 84.2 Å². The third-order valence-electron chi connectivity index (χ3n) is 7.32. The quantitative estimate of drug-likeness (QED) is 0.619. The lowest BCUT2D eigenvalue weighted by Gasteiger charge is -2.57. The van der Waals surface area contributed by atoms with Gasteiger partial charge in [-0.15, -0.1) is 0 Å². The molecule has 0 aliphatic carbocycles. The number of ether oxygens (including phenoxy) is 1. The maximum Gasteiger partial charge on any atom is 0.126 e. The zero-order chi connectivity index (χ0) is 22.6. The maximum atomic E-state index is 10.2. The molecule has 1 aromatic heterocycles. The van der Waals surface area contributed by atoms with E-state index in [4.69, 9.17) is 4.74 Å². The molecule has 1 N–H and O–H groups in total. The first-order chi connectivity index (χ1) is 16.3. The molecule has 33 heavy (non-hydrogen) atoms. The molecule has 2 fully saturated rings. The number of aromatic nitrogens is 1. The highest BCUT2D eigenvalue weighted by molar-refractivity contribution is 5.70. The molecule has 0 bridgehead atoms. The molecule has 2 aromatic carbocycles. The summed E-state index contributed by atoms with van der Waals surface area (Å²) in [7, 11) is 1.72. The van der Waals surface area contributed by atoms with E-state index >= 15 is 0 Å². The van der Waals surface area contributed by atoms with Gasteiger partial charge in [0.25, 0.3) is 0 Å². The summed E-state index contributed by atoms with van der Waals surface area (Å²) < 4.78 is 5.55. The molecule has 5 heteroatoms. The van der Waals surface area contributed by atoms with Crippen molar-refractivity contribution < 1.29 is 9.84 Å². The van der Waals surface area contributed by atoms with Gasteiger partial charge in [-0.1, -0.05) is 42.5 Å². The Balaban J connectivity index is 1.37. The number of fused-ring (bicyclic) bond motifs is 1. The summed E-state index contributed by atoms with van der Waals surface area (Å²) >= 11 is 0. The lowest BCUT2D eigenvalue weighted by atomic mass is 9.74. The van der Waals surface area contributed by atoms with E-state index in [-0.39, 0.29) is 12.6 Å². The fourth-order valence-electron chi connectivity index (χ4n) is 5.67. The molecule has 5 nitrogen and oxygen atoms in total. The second kappa shape index (κ2) is 10.0. The Labute approximate surface area is 196 Å². The highest BCUT2D eigenvalue weighted by Gasteiger charge is 2.49. The SMILES string of the molecule is COc1ccccc1-c1ccc([C@@H]2[C@@H](CO)N3CCCCN(Cc4ccncc4)C[C@@H]23)cc1. The molecular formula is C28H33N3O2. The van der Waals surface area contributed by atoms with Crippen LogP contribution in [0.1, 0.15) is 29.9 Å². The van der Waals surface area contributed by atoms with Crippen molar-refractivity contribution in [3.63, 3.8) is 0 Å². The number of para-hydroxylation sites is 1. The molecule has 0 amide bonds. The van der Waals surface area contributed by atoms with Crippen LogP contribution in [0, 0.1) is 0 Å². The van der Waals surface area contributed by atoms with Crippen LogP contribution in [0.5, 0.6) is 5.75 Å². The first-order valence-corrected chi connectivity index (χ1v) is 12.0. The zero-order valence-electron chi connectivity index (χ0n) is 19.3. The second-order valence-corrected chi connectivity index (χ2v) is 9.20. The number of methoxy groups -OCH3 is 1. The van der Waals surface area contributed by atoms with Crippen molar-refractivity contribution >= 4 is 0 Å². The van der Waals surface area contributed by atoms with Gasteiger partial charge in [0.2, 0.25) is 0 Å². The molecule has 2 aliphatic rings. The monoisotopic (exact) mass is 443 g/mol. The van der Waals surface area contributed by atoms with E-state index in [9.17, 15) is 5.11 Å². The maximum absolute atomic E-state index is 10.2. The van der Waals surface area contributed by atoms with Gasteiger partial charge in [0, 0.05) is 49.0 Å². The summed E-state index contributed by atoms with van der Waals surface area (Å²) in [5.41, 5.74) is 4.89. The van der Waals surface area contributed by atoms with E-state index in [1.165, 1.54) is 24.0 Å².